The molecule has 23 heavy (non-hydrogen) atoms. The smallest absolute Gasteiger partial charge is 0.377 e. The molecule has 0 aliphatic carbocycles. The van der Waals surface area contributed by atoms with Crippen molar-refractivity contribution in [3.63, 3.8) is 0 Å². The highest BCUT2D eigenvalue weighted by Gasteiger charge is 2.12. The minimum Gasteiger partial charge on any atom is -0.867 e. The average Bonchev–Trinajstić information content (AvgIpc) is 2.58. The fraction of sp³-hybridized carbons (Fsp3) is 0.176. The molecule has 0 atom stereocenters. The lowest BCUT2D eigenvalue weighted by Gasteiger charge is -2.12. The molecule has 0 saturated heterocycles. The van der Waals surface area contributed by atoms with Crippen LogP contribution in [0.2, 0.25) is 0 Å². The minimum absolute atomic E-state index is 0.00920. The van der Waals surface area contributed by atoms with E-state index in [2.05, 4.69) is 4.98 Å². The molecule has 0 bridgehead atoms. The van der Waals surface area contributed by atoms with Crippen molar-refractivity contribution in [2.45, 2.75) is 0 Å². The summed E-state index contributed by atoms with van der Waals surface area (Å²) in [6.45, 7) is 0. The largest absolute Gasteiger partial charge is 0.867 e. The Morgan fingerprint density at radius 2 is 1.52 bits per heavy atom. The lowest BCUT2D eigenvalue weighted by molar-refractivity contribution is -0.266. The summed E-state index contributed by atoms with van der Waals surface area (Å²) in [6, 6.07) is 8.13. The van der Waals surface area contributed by atoms with Crippen molar-refractivity contribution in [1.29, 1.82) is 5.39 Å². The first-order valence-electron chi connectivity index (χ1n) is 6.77. The maximum atomic E-state index is 11.6. The van der Waals surface area contributed by atoms with Gasteiger partial charge in [0.1, 0.15) is 0 Å². The monoisotopic (exact) mass is 312 g/mol. The molecular weight excluding hydrogens is 296 g/mol. The van der Waals surface area contributed by atoms with E-state index in [0.29, 0.717) is 22.8 Å². The van der Waals surface area contributed by atoms with Crippen LogP contribution >= 0.6 is 0 Å². The van der Waals surface area contributed by atoms with Crippen LogP contribution in [0, 0.1) is 5.39 Å². The Balaban J connectivity index is 2.36. The van der Waals surface area contributed by atoms with Gasteiger partial charge in [-0.1, -0.05) is 18.2 Å². The summed E-state index contributed by atoms with van der Waals surface area (Å²) in [5.74, 6) is 1.26. The van der Waals surface area contributed by atoms with E-state index in [4.69, 9.17) is 19.6 Å². The topological polar surface area (TPSA) is 78.9 Å². The van der Waals surface area contributed by atoms with Crippen molar-refractivity contribution < 1.29 is 19.3 Å². The Morgan fingerprint density at radius 3 is 2.00 bits per heavy atom. The van der Waals surface area contributed by atoms with Gasteiger partial charge in [0.05, 0.1) is 21.3 Å². The molecule has 0 heterocycles. The fourth-order valence-corrected chi connectivity index (χ4v) is 2.11. The number of ether oxygens (including phenoxy) is 3. The van der Waals surface area contributed by atoms with Gasteiger partial charge in [0.25, 0.3) is 0 Å². The van der Waals surface area contributed by atoms with Gasteiger partial charge < -0.3 is 19.3 Å². The predicted molar refractivity (Wildman–Crippen MR) is 85.7 cm³/mol. The van der Waals surface area contributed by atoms with E-state index in [-0.39, 0.29) is 11.4 Å². The maximum Gasteiger partial charge on any atom is 0.377 e. The zero-order valence-electron chi connectivity index (χ0n) is 13.1. The second-order valence-electron chi connectivity index (χ2n) is 4.62. The number of nitrogens with zero attached hydrogens (tertiary/aromatic N) is 2. The van der Waals surface area contributed by atoms with Crippen LogP contribution < -0.4 is 19.3 Å². The second-order valence-corrected chi connectivity index (χ2v) is 4.62. The fourth-order valence-electron chi connectivity index (χ4n) is 2.11. The molecule has 2 aromatic carbocycles. The third-order valence-electron chi connectivity index (χ3n) is 3.25. The van der Waals surface area contributed by atoms with Gasteiger partial charge in [-0.3, -0.25) is 0 Å². The quantitative estimate of drug-likeness (QED) is 0.624. The van der Waals surface area contributed by atoms with Gasteiger partial charge >= 0.3 is 5.69 Å². The Morgan fingerprint density at radius 1 is 0.913 bits per heavy atom. The highest BCUT2D eigenvalue weighted by atomic mass is 16.5. The lowest BCUT2D eigenvalue weighted by atomic mass is 10.1. The summed E-state index contributed by atoms with van der Waals surface area (Å²) in [4.78, 5) is 2.91. The van der Waals surface area contributed by atoms with Crippen molar-refractivity contribution in [1.82, 2.24) is 0 Å². The first kappa shape index (κ1) is 16.2. The van der Waals surface area contributed by atoms with Crippen LogP contribution in [0.15, 0.2) is 30.3 Å². The number of hydrogen-bond acceptors (Lipinski definition) is 5. The third-order valence-corrected chi connectivity index (χ3v) is 3.25. The summed E-state index contributed by atoms with van der Waals surface area (Å²) >= 11 is 0. The molecule has 6 heteroatoms. The molecule has 0 radical (unpaired) electrons. The van der Waals surface area contributed by atoms with Crippen LogP contribution in [-0.4, -0.2) is 21.3 Å². The molecule has 2 aromatic rings. The summed E-state index contributed by atoms with van der Waals surface area (Å²) in [6.07, 6.45) is 3.58. The summed E-state index contributed by atoms with van der Waals surface area (Å²) in [5, 5.41) is 20.3. The van der Waals surface area contributed by atoms with Crippen LogP contribution in [-0.2, 0) is 0 Å². The van der Waals surface area contributed by atoms with Crippen molar-refractivity contribution in [2.75, 3.05) is 21.3 Å². The maximum absolute atomic E-state index is 11.6. The molecule has 0 saturated carbocycles. The molecule has 0 spiro atoms. The van der Waals surface area contributed by atoms with Gasteiger partial charge in [0, 0.05) is 6.07 Å². The molecule has 118 valence electrons. The summed E-state index contributed by atoms with van der Waals surface area (Å²) in [5.41, 5.74) is 1.52. The van der Waals surface area contributed by atoms with E-state index < -0.39 is 0 Å². The van der Waals surface area contributed by atoms with Crippen LogP contribution in [0.1, 0.15) is 11.1 Å². The first-order valence-corrected chi connectivity index (χ1v) is 6.77. The van der Waals surface area contributed by atoms with Gasteiger partial charge in [-0.2, -0.15) is 0 Å². The Kier molecular flexibility index (Phi) is 5.05. The number of benzene rings is 2. The van der Waals surface area contributed by atoms with E-state index in [1.54, 1.807) is 45.6 Å². The Bertz CT molecular complexity index is 754. The van der Waals surface area contributed by atoms with Crippen LogP contribution in [0.25, 0.3) is 17.1 Å². The van der Waals surface area contributed by atoms with Crippen LogP contribution in [0.3, 0.4) is 0 Å². The number of hydrogen-bond donors (Lipinski definition) is 0. The Hall–Kier alpha value is -3.20. The molecule has 0 amide bonds. The molecule has 0 aromatic heterocycles. The van der Waals surface area contributed by atoms with E-state index in [9.17, 15) is 5.11 Å². The van der Waals surface area contributed by atoms with Crippen LogP contribution in [0.4, 0.5) is 5.69 Å². The number of rotatable bonds is 5. The molecular formula is C17H16N2O4. The zero-order valence-corrected chi connectivity index (χ0v) is 13.1. The normalized spacial score (nSPS) is 10.3. The predicted octanol–water partition coefficient (Wildman–Crippen LogP) is 3.44. The van der Waals surface area contributed by atoms with Crippen molar-refractivity contribution in [3.8, 4) is 23.0 Å². The molecule has 6 nitrogen and oxygen atoms in total. The SMILES string of the molecule is COc1cc(/C=C\c2ccc([N+]#N)c([O-])c2)cc(OC)c1OC. The van der Waals surface area contributed by atoms with E-state index in [1.165, 1.54) is 12.1 Å². The highest BCUT2D eigenvalue weighted by molar-refractivity contribution is 5.74. The van der Waals surface area contributed by atoms with Gasteiger partial charge in [0.15, 0.2) is 16.5 Å². The lowest BCUT2D eigenvalue weighted by Crippen LogP contribution is -1.95. The summed E-state index contributed by atoms with van der Waals surface area (Å²) < 4.78 is 15.9. The van der Waals surface area contributed by atoms with Crippen molar-refractivity contribution in [3.05, 3.63) is 46.4 Å². The molecule has 0 aliphatic heterocycles. The zero-order chi connectivity index (χ0) is 16.8. The third kappa shape index (κ3) is 3.52. The van der Waals surface area contributed by atoms with Gasteiger partial charge in [-0.15, -0.1) is 0 Å². The first-order chi connectivity index (χ1) is 11.1. The highest BCUT2D eigenvalue weighted by Crippen LogP contribution is 2.38. The van der Waals surface area contributed by atoms with Gasteiger partial charge in [-0.25, -0.2) is 0 Å². The van der Waals surface area contributed by atoms with E-state index in [1.807, 2.05) is 6.08 Å². The van der Waals surface area contributed by atoms with Gasteiger partial charge in [-0.05, 0) is 35.1 Å². The van der Waals surface area contributed by atoms with Crippen molar-refractivity contribution in [2.24, 2.45) is 0 Å². The minimum atomic E-state index is -0.348. The molecule has 0 aliphatic rings. The number of diazo groups is 1. The van der Waals surface area contributed by atoms with E-state index in [0.717, 1.165) is 5.56 Å². The molecule has 0 N–H and O–H groups in total. The number of methoxy groups -OCH3 is 3. The second kappa shape index (κ2) is 7.18. The molecule has 0 unspecified atom stereocenters. The van der Waals surface area contributed by atoms with E-state index >= 15 is 0 Å². The van der Waals surface area contributed by atoms with Crippen LogP contribution in [0.5, 0.6) is 23.0 Å². The van der Waals surface area contributed by atoms with Gasteiger partial charge in [0.2, 0.25) is 11.1 Å². The molecule has 0 fully saturated rings. The molecule has 2 rings (SSSR count). The van der Waals surface area contributed by atoms with Crippen molar-refractivity contribution >= 4 is 17.8 Å². The Labute approximate surface area is 134 Å². The average molecular weight is 312 g/mol. The summed E-state index contributed by atoms with van der Waals surface area (Å²) in [7, 11) is 4.64. The standard InChI is InChI=1S/C17H16N2O4/c1-21-15-9-12(10-16(22-2)17(15)23-3)5-4-11-6-7-13(19-18)14(20)8-11/h4-10H,1-3H3/b5-4-.